The lowest BCUT2D eigenvalue weighted by Crippen LogP contribution is -2.29. The van der Waals surface area contributed by atoms with Crippen molar-refractivity contribution in [3.63, 3.8) is 0 Å². The molecular weight excluding hydrogens is 244 g/mol. The number of carbonyl (C=O) groups is 1. The Morgan fingerprint density at radius 3 is 2.32 bits per heavy atom. The van der Waals surface area contributed by atoms with E-state index in [0.717, 1.165) is 19.3 Å². The Kier molecular flexibility index (Phi) is 8.26. The Hall–Kier alpha value is -0.610. The van der Waals surface area contributed by atoms with E-state index in [2.05, 4.69) is 0 Å². The molecule has 4 nitrogen and oxygen atoms in total. The van der Waals surface area contributed by atoms with Crippen LogP contribution in [-0.4, -0.2) is 34.0 Å². The van der Waals surface area contributed by atoms with Gasteiger partial charge in [0.1, 0.15) is 6.10 Å². The number of aliphatic hydroxyl groups is 2. The quantitative estimate of drug-likeness (QED) is 0.634. The summed E-state index contributed by atoms with van der Waals surface area (Å²) in [6, 6.07) is 0. The van der Waals surface area contributed by atoms with Crippen LogP contribution >= 0.6 is 0 Å². The van der Waals surface area contributed by atoms with E-state index in [1.54, 1.807) is 20.8 Å². The monoisotopic (exact) mass is 274 g/mol. The second kappa shape index (κ2) is 8.54. The van der Waals surface area contributed by atoms with Gasteiger partial charge in [0.25, 0.3) is 0 Å². The summed E-state index contributed by atoms with van der Waals surface area (Å²) in [5.74, 6) is -0.00939. The zero-order chi connectivity index (χ0) is 15.1. The number of ether oxygens (including phenoxy) is 1. The fraction of sp³-hybridized carbons (Fsp3) is 0.933. The fourth-order valence-electron chi connectivity index (χ4n) is 2.01. The van der Waals surface area contributed by atoms with Crippen LogP contribution in [0.25, 0.3) is 0 Å². The average molecular weight is 274 g/mol. The predicted octanol–water partition coefficient (Wildman–Crippen LogP) is 2.66. The molecule has 0 aromatic rings. The lowest BCUT2D eigenvalue weighted by molar-refractivity contribution is -0.155. The molecule has 0 saturated heterocycles. The number of hydrogen-bond acceptors (Lipinski definition) is 4. The van der Waals surface area contributed by atoms with Gasteiger partial charge >= 0.3 is 5.97 Å². The van der Waals surface area contributed by atoms with Crippen molar-refractivity contribution in [3.8, 4) is 0 Å². The Morgan fingerprint density at radius 1 is 1.32 bits per heavy atom. The molecule has 0 aromatic carbocycles. The van der Waals surface area contributed by atoms with Gasteiger partial charge in [-0.3, -0.25) is 4.79 Å². The minimum atomic E-state index is -0.639. The van der Waals surface area contributed by atoms with Crippen molar-refractivity contribution in [2.24, 2.45) is 5.92 Å². The number of hydrogen-bond donors (Lipinski definition) is 2. The maximum absolute atomic E-state index is 11.7. The fourth-order valence-corrected chi connectivity index (χ4v) is 2.01. The summed E-state index contributed by atoms with van der Waals surface area (Å²) in [5, 5.41) is 19.0. The highest BCUT2D eigenvalue weighted by molar-refractivity contribution is 5.69. The van der Waals surface area contributed by atoms with Crippen molar-refractivity contribution in [2.75, 3.05) is 0 Å². The molecule has 0 aliphatic carbocycles. The molecule has 3 atom stereocenters. The third kappa shape index (κ3) is 9.91. The number of esters is 1. The molecule has 0 aliphatic rings. The first-order valence-electron chi connectivity index (χ1n) is 7.25. The van der Waals surface area contributed by atoms with Gasteiger partial charge < -0.3 is 14.9 Å². The van der Waals surface area contributed by atoms with Crippen molar-refractivity contribution >= 4 is 5.97 Å². The van der Waals surface area contributed by atoms with Crippen LogP contribution in [-0.2, 0) is 9.53 Å². The molecule has 3 unspecified atom stereocenters. The molecule has 0 aliphatic heterocycles. The van der Waals surface area contributed by atoms with Crippen LogP contribution in [0, 0.1) is 5.92 Å². The van der Waals surface area contributed by atoms with Gasteiger partial charge in [0.2, 0.25) is 0 Å². The number of carbonyl (C=O) groups excluding carboxylic acids is 1. The van der Waals surface area contributed by atoms with Crippen LogP contribution < -0.4 is 0 Å². The maximum Gasteiger partial charge on any atom is 0.306 e. The smallest absolute Gasteiger partial charge is 0.306 e. The van der Waals surface area contributed by atoms with E-state index >= 15 is 0 Å². The van der Waals surface area contributed by atoms with E-state index in [0.29, 0.717) is 12.8 Å². The van der Waals surface area contributed by atoms with Gasteiger partial charge in [0, 0.05) is 6.42 Å². The van der Waals surface area contributed by atoms with Crippen LogP contribution in [0.4, 0.5) is 0 Å². The largest absolute Gasteiger partial charge is 0.460 e. The topological polar surface area (TPSA) is 66.8 Å². The Balaban J connectivity index is 3.92. The predicted molar refractivity (Wildman–Crippen MR) is 75.8 cm³/mol. The molecule has 0 saturated carbocycles. The minimum Gasteiger partial charge on any atom is -0.460 e. The Morgan fingerprint density at radius 2 is 1.89 bits per heavy atom. The maximum atomic E-state index is 11.7. The Bertz CT molecular complexity index is 255. The first-order valence-corrected chi connectivity index (χ1v) is 7.25. The van der Waals surface area contributed by atoms with Gasteiger partial charge in [0.15, 0.2) is 0 Å². The third-order valence-electron chi connectivity index (χ3n) is 3.22. The molecule has 0 radical (unpaired) electrons. The second-order valence-corrected chi connectivity index (χ2v) is 6.19. The third-order valence-corrected chi connectivity index (χ3v) is 3.22. The van der Waals surface area contributed by atoms with Crippen LogP contribution in [0.2, 0.25) is 0 Å². The van der Waals surface area contributed by atoms with Gasteiger partial charge in [-0.1, -0.05) is 26.7 Å². The van der Waals surface area contributed by atoms with Crippen LogP contribution in [0.3, 0.4) is 0 Å². The normalized spacial score (nSPS) is 16.8. The zero-order valence-electron chi connectivity index (χ0n) is 13.0. The molecule has 0 amide bonds. The summed E-state index contributed by atoms with van der Waals surface area (Å²) >= 11 is 0. The summed E-state index contributed by atoms with van der Waals surface area (Å²) in [7, 11) is 0. The zero-order valence-corrected chi connectivity index (χ0v) is 13.0. The first kappa shape index (κ1) is 18.4. The number of rotatable bonds is 9. The van der Waals surface area contributed by atoms with Crippen molar-refractivity contribution < 1.29 is 19.7 Å². The van der Waals surface area contributed by atoms with Crippen molar-refractivity contribution in [2.45, 2.75) is 84.5 Å². The summed E-state index contributed by atoms with van der Waals surface area (Å²) in [6.07, 6.45) is 2.48. The molecule has 114 valence electrons. The summed E-state index contributed by atoms with van der Waals surface area (Å²) < 4.78 is 5.24. The Labute approximate surface area is 117 Å². The SMILES string of the molecule is CCC(OC(=O)CC(C)CCCC(C)(C)O)C(C)O. The molecule has 0 rings (SSSR count). The van der Waals surface area contributed by atoms with Gasteiger partial charge in [0.05, 0.1) is 11.7 Å². The van der Waals surface area contributed by atoms with Crippen molar-refractivity contribution in [1.29, 1.82) is 0 Å². The van der Waals surface area contributed by atoms with E-state index in [9.17, 15) is 15.0 Å². The van der Waals surface area contributed by atoms with Crippen molar-refractivity contribution in [3.05, 3.63) is 0 Å². The highest BCUT2D eigenvalue weighted by atomic mass is 16.6. The van der Waals surface area contributed by atoms with E-state index in [-0.39, 0.29) is 11.9 Å². The van der Waals surface area contributed by atoms with E-state index in [4.69, 9.17) is 4.74 Å². The molecule has 4 heteroatoms. The molecule has 0 spiro atoms. The van der Waals surface area contributed by atoms with E-state index < -0.39 is 17.8 Å². The lowest BCUT2D eigenvalue weighted by Gasteiger charge is -2.21. The van der Waals surface area contributed by atoms with E-state index in [1.807, 2.05) is 13.8 Å². The molecular formula is C15H30O4. The molecule has 19 heavy (non-hydrogen) atoms. The van der Waals surface area contributed by atoms with Gasteiger partial charge in [-0.25, -0.2) is 0 Å². The van der Waals surface area contributed by atoms with Crippen LogP contribution in [0.5, 0.6) is 0 Å². The van der Waals surface area contributed by atoms with Gasteiger partial charge in [-0.05, 0) is 39.5 Å². The molecule has 0 aromatic heterocycles. The number of aliphatic hydroxyl groups excluding tert-OH is 1. The summed E-state index contributed by atoms with van der Waals surface area (Å²) in [6.45, 7) is 9.11. The average Bonchev–Trinajstić information content (AvgIpc) is 2.23. The van der Waals surface area contributed by atoms with Gasteiger partial charge in [-0.15, -0.1) is 0 Å². The lowest BCUT2D eigenvalue weighted by atomic mass is 9.95. The standard InChI is InChI=1S/C15H30O4/c1-6-13(12(3)16)19-14(17)10-11(2)8-7-9-15(4,5)18/h11-13,16,18H,6-10H2,1-5H3. The van der Waals surface area contributed by atoms with E-state index in [1.165, 1.54) is 0 Å². The second-order valence-electron chi connectivity index (χ2n) is 6.19. The summed E-state index contributed by atoms with van der Waals surface area (Å²) in [4.78, 5) is 11.7. The molecule has 2 N–H and O–H groups in total. The highest BCUT2D eigenvalue weighted by Crippen LogP contribution is 2.18. The van der Waals surface area contributed by atoms with Gasteiger partial charge in [-0.2, -0.15) is 0 Å². The van der Waals surface area contributed by atoms with Crippen LogP contribution in [0.1, 0.15) is 66.7 Å². The molecule has 0 fully saturated rings. The summed E-state index contributed by atoms with van der Waals surface area (Å²) in [5.41, 5.74) is -0.639. The first-order chi connectivity index (χ1) is 8.65. The highest BCUT2D eigenvalue weighted by Gasteiger charge is 2.20. The minimum absolute atomic E-state index is 0.237. The van der Waals surface area contributed by atoms with Crippen LogP contribution in [0.15, 0.2) is 0 Å². The molecule has 0 heterocycles. The molecule has 0 bridgehead atoms. The van der Waals surface area contributed by atoms with Crippen molar-refractivity contribution in [1.82, 2.24) is 0 Å².